The molecule has 0 N–H and O–H groups in total. The van der Waals surface area contributed by atoms with Gasteiger partial charge < -0.3 is 14.4 Å². The van der Waals surface area contributed by atoms with Crippen molar-refractivity contribution >= 4 is 11.3 Å². The summed E-state index contributed by atoms with van der Waals surface area (Å²) in [5.41, 5.74) is 4.51. The molecule has 0 spiro atoms. The Balaban J connectivity index is 1.88. The summed E-state index contributed by atoms with van der Waals surface area (Å²) in [6.07, 6.45) is 2.64. The van der Waals surface area contributed by atoms with Crippen LogP contribution in [0, 0.1) is 0 Å². The van der Waals surface area contributed by atoms with Crippen molar-refractivity contribution in [3.8, 4) is 11.6 Å². The van der Waals surface area contributed by atoms with Crippen LogP contribution in [-0.4, -0.2) is 32.3 Å². The van der Waals surface area contributed by atoms with Gasteiger partial charge in [-0.1, -0.05) is 18.7 Å². The van der Waals surface area contributed by atoms with Crippen molar-refractivity contribution in [2.75, 3.05) is 26.2 Å². The lowest BCUT2D eigenvalue weighted by Gasteiger charge is -2.24. The average Bonchev–Trinajstić information content (AvgIpc) is 2.91. The summed E-state index contributed by atoms with van der Waals surface area (Å²) in [6.45, 7) is 4.31. The number of rotatable bonds is 4. The van der Waals surface area contributed by atoms with E-state index in [-0.39, 0.29) is 6.04 Å². The van der Waals surface area contributed by atoms with E-state index in [4.69, 9.17) is 9.47 Å². The van der Waals surface area contributed by atoms with Crippen molar-refractivity contribution in [3.05, 3.63) is 54.2 Å². The van der Waals surface area contributed by atoms with E-state index in [1.54, 1.807) is 20.4 Å². The summed E-state index contributed by atoms with van der Waals surface area (Å²) in [6, 6.07) is 10.3. The standard InChI is InChI=1S/C18H20N2O2/c1-12(13-5-7-14(21-3)8-6-13)17-11-15-16(20(17)2)9-10-19-18(15)22-4/h5-10,17H,1,11H2,2-4H3. The predicted octanol–water partition coefficient (Wildman–Crippen LogP) is 3.17. The van der Waals surface area contributed by atoms with E-state index in [1.165, 1.54) is 0 Å². The van der Waals surface area contributed by atoms with Crippen LogP contribution in [0.1, 0.15) is 11.1 Å². The van der Waals surface area contributed by atoms with Gasteiger partial charge in [-0.25, -0.2) is 4.98 Å². The molecule has 22 heavy (non-hydrogen) atoms. The van der Waals surface area contributed by atoms with Crippen LogP contribution < -0.4 is 14.4 Å². The van der Waals surface area contributed by atoms with Gasteiger partial charge in [0, 0.05) is 30.9 Å². The van der Waals surface area contributed by atoms with Crippen molar-refractivity contribution in [2.45, 2.75) is 12.5 Å². The Kier molecular flexibility index (Phi) is 3.75. The summed E-state index contributed by atoms with van der Waals surface area (Å²) in [7, 11) is 5.42. The second-order valence-corrected chi connectivity index (χ2v) is 5.40. The largest absolute Gasteiger partial charge is 0.497 e. The van der Waals surface area contributed by atoms with E-state index in [2.05, 4.69) is 23.5 Å². The molecule has 0 aliphatic carbocycles. The molecule has 0 saturated heterocycles. The number of methoxy groups -OCH3 is 2. The number of benzene rings is 1. The van der Waals surface area contributed by atoms with Crippen LogP contribution in [0.2, 0.25) is 0 Å². The molecule has 0 radical (unpaired) electrons. The summed E-state index contributed by atoms with van der Waals surface area (Å²) in [5, 5.41) is 0. The van der Waals surface area contributed by atoms with Gasteiger partial charge in [0.05, 0.1) is 20.3 Å². The first kappa shape index (κ1) is 14.4. The molecule has 1 unspecified atom stereocenters. The minimum Gasteiger partial charge on any atom is -0.497 e. The zero-order valence-electron chi connectivity index (χ0n) is 13.2. The maximum absolute atomic E-state index is 5.39. The Morgan fingerprint density at radius 3 is 2.55 bits per heavy atom. The lowest BCUT2D eigenvalue weighted by Crippen LogP contribution is -2.28. The Bertz CT molecular complexity index is 695. The van der Waals surface area contributed by atoms with Gasteiger partial charge in [-0.05, 0) is 29.3 Å². The van der Waals surface area contributed by atoms with E-state index >= 15 is 0 Å². The SMILES string of the molecule is C=C(c1ccc(OC)cc1)C1Cc2c(ccnc2OC)N1C. The lowest BCUT2D eigenvalue weighted by molar-refractivity contribution is 0.393. The number of ether oxygens (including phenoxy) is 2. The third-order valence-electron chi connectivity index (χ3n) is 4.29. The smallest absolute Gasteiger partial charge is 0.218 e. The minimum atomic E-state index is 0.210. The molecular weight excluding hydrogens is 276 g/mol. The zero-order valence-corrected chi connectivity index (χ0v) is 13.2. The van der Waals surface area contributed by atoms with Gasteiger partial charge in [-0.15, -0.1) is 0 Å². The van der Waals surface area contributed by atoms with Gasteiger partial charge in [0.15, 0.2) is 0 Å². The van der Waals surface area contributed by atoms with E-state index in [9.17, 15) is 0 Å². The van der Waals surface area contributed by atoms with Crippen LogP contribution in [0.3, 0.4) is 0 Å². The number of pyridine rings is 1. The van der Waals surface area contributed by atoms with Crippen molar-refractivity contribution in [1.29, 1.82) is 0 Å². The van der Waals surface area contributed by atoms with Gasteiger partial charge in [0.25, 0.3) is 0 Å². The zero-order chi connectivity index (χ0) is 15.7. The molecule has 2 heterocycles. The predicted molar refractivity (Wildman–Crippen MR) is 88.7 cm³/mol. The van der Waals surface area contributed by atoms with Crippen molar-refractivity contribution in [1.82, 2.24) is 4.98 Å². The molecule has 0 saturated carbocycles. The van der Waals surface area contributed by atoms with Crippen LogP contribution in [0.5, 0.6) is 11.6 Å². The molecule has 1 atom stereocenters. The number of likely N-dealkylation sites (N-methyl/N-ethyl adjacent to an activating group) is 1. The van der Waals surface area contributed by atoms with Crippen LogP contribution >= 0.6 is 0 Å². The van der Waals surface area contributed by atoms with Crippen LogP contribution in [0.4, 0.5) is 5.69 Å². The highest BCUT2D eigenvalue weighted by Gasteiger charge is 2.31. The third-order valence-corrected chi connectivity index (χ3v) is 4.29. The summed E-state index contributed by atoms with van der Waals surface area (Å²) < 4.78 is 10.6. The van der Waals surface area contributed by atoms with E-state index in [0.29, 0.717) is 5.88 Å². The van der Waals surface area contributed by atoms with E-state index in [1.807, 2.05) is 30.3 Å². The highest BCUT2D eigenvalue weighted by Crippen LogP contribution is 2.39. The topological polar surface area (TPSA) is 34.6 Å². The minimum absolute atomic E-state index is 0.210. The average molecular weight is 296 g/mol. The Hall–Kier alpha value is -2.49. The van der Waals surface area contributed by atoms with Gasteiger partial charge in [-0.2, -0.15) is 0 Å². The van der Waals surface area contributed by atoms with Gasteiger partial charge >= 0.3 is 0 Å². The molecule has 1 aromatic carbocycles. The summed E-state index contributed by atoms with van der Waals surface area (Å²) >= 11 is 0. The summed E-state index contributed by atoms with van der Waals surface area (Å²) in [5.74, 6) is 1.56. The molecule has 4 nitrogen and oxygen atoms in total. The van der Waals surface area contributed by atoms with Crippen LogP contribution in [0.15, 0.2) is 43.1 Å². The number of hydrogen-bond donors (Lipinski definition) is 0. The van der Waals surface area contributed by atoms with Crippen LogP contribution in [0.25, 0.3) is 5.57 Å². The molecule has 2 aromatic rings. The monoisotopic (exact) mass is 296 g/mol. The Morgan fingerprint density at radius 1 is 1.18 bits per heavy atom. The molecule has 1 aliphatic heterocycles. The number of hydrogen-bond acceptors (Lipinski definition) is 4. The van der Waals surface area contributed by atoms with Crippen molar-refractivity contribution in [3.63, 3.8) is 0 Å². The molecule has 114 valence electrons. The second-order valence-electron chi connectivity index (χ2n) is 5.40. The van der Waals surface area contributed by atoms with Gasteiger partial charge in [-0.3, -0.25) is 0 Å². The first-order valence-electron chi connectivity index (χ1n) is 7.23. The Morgan fingerprint density at radius 2 is 1.91 bits per heavy atom. The molecule has 1 aliphatic rings. The highest BCUT2D eigenvalue weighted by molar-refractivity contribution is 5.77. The first-order valence-corrected chi connectivity index (χ1v) is 7.23. The fourth-order valence-corrected chi connectivity index (χ4v) is 3.01. The fourth-order valence-electron chi connectivity index (χ4n) is 3.01. The summed E-state index contributed by atoms with van der Waals surface area (Å²) in [4.78, 5) is 6.54. The number of anilines is 1. The molecule has 0 bridgehead atoms. The van der Waals surface area contributed by atoms with Crippen molar-refractivity contribution in [2.24, 2.45) is 0 Å². The molecule has 0 fully saturated rings. The first-order chi connectivity index (χ1) is 10.7. The van der Waals surface area contributed by atoms with Crippen molar-refractivity contribution < 1.29 is 9.47 Å². The molecule has 3 rings (SSSR count). The quantitative estimate of drug-likeness (QED) is 0.868. The number of aromatic nitrogens is 1. The fraction of sp³-hybridized carbons (Fsp3) is 0.278. The normalized spacial score (nSPS) is 16.3. The van der Waals surface area contributed by atoms with Gasteiger partial charge in [0.2, 0.25) is 5.88 Å². The number of fused-ring (bicyclic) bond motifs is 1. The Labute approximate surface area is 131 Å². The lowest BCUT2D eigenvalue weighted by atomic mass is 9.97. The van der Waals surface area contributed by atoms with Gasteiger partial charge in [0.1, 0.15) is 5.75 Å². The van der Waals surface area contributed by atoms with Crippen LogP contribution in [-0.2, 0) is 6.42 Å². The third kappa shape index (κ3) is 2.30. The molecule has 4 heteroatoms. The molecule has 1 aromatic heterocycles. The molecular formula is C18H20N2O2. The highest BCUT2D eigenvalue weighted by atomic mass is 16.5. The second kappa shape index (κ2) is 5.72. The van der Waals surface area contributed by atoms with E-state index < -0.39 is 0 Å². The maximum atomic E-state index is 5.39. The maximum Gasteiger partial charge on any atom is 0.218 e. The van der Waals surface area contributed by atoms with E-state index in [0.717, 1.165) is 34.6 Å². The number of nitrogens with zero attached hydrogens (tertiary/aromatic N) is 2. The molecule has 0 amide bonds.